The van der Waals surface area contributed by atoms with Gasteiger partial charge in [0.1, 0.15) is 0 Å². The molecular weight excluding hydrogens is 242 g/mol. The van der Waals surface area contributed by atoms with E-state index < -0.39 is 0 Å². The van der Waals surface area contributed by atoms with Crippen LogP contribution in [0.2, 0.25) is 0 Å². The van der Waals surface area contributed by atoms with Gasteiger partial charge >= 0.3 is 0 Å². The van der Waals surface area contributed by atoms with Gasteiger partial charge in [0.25, 0.3) is 0 Å². The largest absolute Gasteiger partial charge is 0.481 e. The van der Waals surface area contributed by atoms with E-state index in [1.807, 2.05) is 17.0 Å². The van der Waals surface area contributed by atoms with Crippen LogP contribution in [0.5, 0.6) is 5.88 Å². The summed E-state index contributed by atoms with van der Waals surface area (Å²) in [6.45, 7) is 4.89. The Hall–Kier alpha value is -1.62. The first kappa shape index (κ1) is 13.8. The maximum absolute atomic E-state index is 12.0. The van der Waals surface area contributed by atoms with Crippen molar-refractivity contribution < 1.29 is 9.53 Å². The molecule has 1 fully saturated rings. The predicted octanol–water partition coefficient (Wildman–Crippen LogP) is 1.35. The van der Waals surface area contributed by atoms with E-state index in [0.717, 1.165) is 5.69 Å². The van der Waals surface area contributed by atoms with Crippen molar-refractivity contribution in [2.75, 3.05) is 13.7 Å². The molecule has 2 N–H and O–H groups in total. The van der Waals surface area contributed by atoms with Gasteiger partial charge in [0.05, 0.1) is 18.8 Å². The molecule has 5 nitrogen and oxygen atoms in total. The summed E-state index contributed by atoms with van der Waals surface area (Å²) >= 11 is 0. The fourth-order valence-corrected chi connectivity index (χ4v) is 2.51. The zero-order chi connectivity index (χ0) is 14.0. The van der Waals surface area contributed by atoms with Crippen molar-refractivity contribution in [1.29, 1.82) is 0 Å². The van der Waals surface area contributed by atoms with Gasteiger partial charge in [0.15, 0.2) is 0 Å². The number of likely N-dealkylation sites (tertiary alicyclic amines) is 1. The number of nitrogens with two attached hydrogens (primary N) is 1. The molecule has 1 aromatic rings. The molecule has 5 heteroatoms. The molecule has 104 valence electrons. The quantitative estimate of drug-likeness (QED) is 0.890. The van der Waals surface area contributed by atoms with Crippen molar-refractivity contribution in [3.63, 3.8) is 0 Å². The molecule has 2 heterocycles. The second-order valence-electron chi connectivity index (χ2n) is 5.36. The summed E-state index contributed by atoms with van der Waals surface area (Å²) in [6, 6.07) is 5.22. The lowest BCUT2D eigenvalue weighted by Crippen LogP contribution is -2.36. The first-order valence-corrected chi connectivity index (χ1v) is 6.59. The third-order valence-electron chi connectivity index (χ3n) is 3.29. The number of hydrogen-bond donors (Lipinski definition) is 1. The predicted molar refractivity (Wildman–Crippen MR) is 72.7 cm³/mol. The van der Waals surface area contributed by atoms with Crippen LogP contribution >= 0.6 is 0 Å². The lowest BCUT2D eigenvalue weighted by molar-refractivity contribution is -0.129. The van der Waals surface area contributed by atoms with Gasteiger partial charge < -0.3 is 15.4 Å². The summed E-state index contributed by atoms with van der Waals surface area (Å²) in [7, 11) is 1.58. The van der Waals surface area contributed by atoms with Crippen LogP contribution in [0.4, 0.5) is 0 Å². The normalized spacial score (nSPS) is 23.2. The SMILES string of the molecule is COc1cccc(C2C(N)CC(=O)N2CC(C)C)n1. The van der Waals surface area contributed by atoms with E-state index in [-0.39, 0.29) is 18.0 Å². The lowest BCUT2D eigenvalue weighted by atomic mass is 10.1. The van der Waals surface area contributed by atoms with E-state index >= 15 is 0 Å². The maximum Gasteiger partial charge on any atom is 0.224 e. The van der Waals surface area contributed by atoms with E-state index in [0.29, 0.717) is 24.8 Å². The van der Waals surface area contributed by atoms with Gasteiger partial charge in [-0.2, -0.15) is 0 Å². The van der Waals surface area contributed by atoms with Crippen molar-refractivity contribution in [3.05, 3.63) is 23.9 Å². The molecule has 1 aliphatic heterocycles. The average molecular weight is 263 g/mol. The second-order valence-corrected chi connectivity index (χ2v) is 5.36. The van der Waals surface area contributed by atoms with Crippen molar-refractivity contribution in [2.24, 2.45) is 11.7 Å². The fraction of sp³-hybridized carbons (Fsp3) is 0.571. The van der Waals surface area contributed by atoms with Crippen LogP contribution in [0.15, 0.2) is 18.2 Å². The Kier molecular flexibility index (Phi) is 4.04. The van der Waals surface area contributed by atoms with Crippen LogP contribution in [0, 0.1) is 5.92 Å². The topological polar surface area (TPSA) is 68.5 Å². The molecule has 0 spiro atoms. The van der Waals surface area contributed by atoms with Gasteiger partial charge in [-0.05, 0) is 12.0 Å². The van der Waals surface area contributed by atoms with E-state index in [1.165, 1.54) is 0 Å². The van der Waals surface area contributed by atoms with Gasteiger partial charge in [0, 0.05) is 25.1 Å². The Morgan fingerprint density at radius 3 is 2.89 bits per heavy atom. The van der Waals surface area contributed by atoms with Crippen LogP contribution < -0.4 is 10.5 Å². The molecule has 0 aromatic carbocycles. The third-order valence-corrected chi connectivity index (χ3v) is 3.29. The zero-order valence-corrected chi connectivity index (χ0v) is 11.7. The lowest BCUT2D eigenvalue weighted by Gasteiger charge is -2.28. The van der Waals surface area contributed by atoms with Crippen LogP contribution in [-0.4, -0.2) is 35.5 Å². The first-order chi connectivity index (χ1) is 9.02. The molecule has 0 saturated carbocycles. The molecule has 1 aromatic heterocycles. The van der Waals surface area contributed by atoms with Crippen molar-refractivity contribution >= 4 is 5.91 Å². The van der Waals surface area contributed by atoms with Crippen molar-refractivity contribution in [2.45, 2.75) is 32.4 Å². The van der Waals surface area contributed by atoms with Gasteiger partial charge in [0.2, 0.25) is 11.8 Å². The minimum Gasteiger partial charge on any atom is -0.481 e. The monoisotopic (exact) mass is 263 g/mol. The van der Waals surface area contributed by atoms with E-state index in [1.54, 1.807) is 13.2 Å². The Bertz CT molecular complexity index is 462. The van der Waals surface area contributed by atoms with Crippen molar-refractivity contribution in [3.8, 4) is 5.88 Å². The number of hydrogen-bond acceptors (Lipinski definition) is 4. The summed E-state index contributed by atoms with van der Waals surface area (Å²) in [6.07, 6.45) is 0.385. The Morgan fingerprint density at radius 1 is 1.53 bits per heavy atom. The molecule has 2 atom stereocenters. The van der Waals surface area contributed by atoms with Crippen LogP contribution in [0.3, 0.4) is 0 Å². The van der Waals surface area contributed by atoms with Crippen LogP contribution in [0.1, 0.15) is 32.0 Å². The Balaban J connectivity index is 2.30. The first-order valence-electron chi connectivity index (χ1n) is 6.59. The number of aromatic nitrogens is 1. The molecule has 1 saturated heterocycles. The minimum atomic E-state index is -0.203. The van der Waals surface area contributed by atoms with Crippen LogP contribution in [-0.2, 0) is 4.79 Å². The second kappa shape index (κ2) is 5.57. The van der Waals surface area contributed by atoms with E-state index in [9.17, 15) is 4.79 Å². The summed E-state index contributed by atoms with van der Waals surface area (Å²) in [5, 5.41) is 0. The Labute approximate surface area is 113 Å². The standard InChI is InChI=1S/C14H21N3O2/c1-9(2)8-17-13(18)7-10(15)14(17)11-5-4-6-12(16-11)19-3/h4-6,9-10,14H,7-8,15H2,1-3H3. The summed E-state index contributed by atoms with van der Waals surface area (Å²) in [5.74, 6) is 1.06. The number of nitrogens with zero attached hydrogens (tertiary/aromatic N) is 2. The number of ether oxygens (including phenoxy) is 1. The van der Waals surface area contributed by atoms with E-state index in [4.69, 9.17) is 10.5 Å². The number of carbonyl (C=O) groups is 1. The minimum absolute atomic E-state index is 0.107. The number of methoxy groups -OCH3 is 1. The molecule has 0 radical (unpaired) electrons. The van der Waals surface area contributed by atoms with Gasteiger partial charge in [-0.15, -0.1) is 0 Å². The maximum atomic E-state index is 12.0. The summed E-state index contributed by atoms with van der Waals surface area (Å²) in [4.78, 5) is 18.3. The molecular formula is C14H21N3O2. The molecule has 0 aliphatic carbocycles. The number of carbonyl (C=O) groups excluding carboxylic acids is 1. The zero-order valence-electron chi connectivity index (χ0n) is 11.7. The highest BCUT2D eigenvalue weighted by Crippen LogP contribution is 2.32. The third kappa shape index (κ3) is 2.87. The van der Waals surface area contributed by atoms with Gasteiger partial charge in [-0.25, -0.2) is 4.98 Å². The van der Waals surface area contributed by atoms with Crippen molar-refractivity contribution in [1.82, 2.24) is 9.88 Å². The summed E-state index contributed by atoms with van der Waals surface area (Å²) in [5.41, 5.74) is 6.92. The Morgan fingerprint density at radius 2 is 2.26 bits per heavy atom. The van der Waals surface area contributed by atoms with Gasteiger partial charge in [-0.1, -0.05) is 19.9 Å². The fourth-order valence-electron chi connectivity index (χ4n) is 2.51. The highest BCUT2D eigenvalue weighted by atomic mass is 16.5. The highest BCUT2D eigenvalue weighted by molar-refractivity contribution is 5.80. The number of pyridine rings is 1. The summed E-state index contributed by atoms with van der Waals surface area (Å²) < 4.78 is 5.14. The molecule has 2 unspecified atom stereocenters. The van der Waals surface area contributed by atoms with Gasteiger partial charge in [-0.3, -0.25) is 4.79 Å². The number of amides is 1. The highest BCUT2D eigenvalue weighted by Gasteiger charge is 2.39. The molecule has 19 heavy (non-hydrogen) atoms. The average Bonchev–Trinajstić information content (AvgIpc) is 2.63. The van der Waals surface area contributed by atoms with Crippen LogP contribution in [0.25, 0.3) is 0 Å². The molecule has 1 amide bonds. The molecule has 0 bridgehead atoms. The number of rotatable bonds is 4. The smallest absolute Gasteiger partial charge is 0.224 e. The molecule has 1 aliphatic rings. The van der Waals surface area contributed by atoms with E-state index in [2.05, 4.69) is 18.8 Å². The molecule has 2 rings (SSSR count).